The Morgan fingerprint density at radius 1 is 1.43 bits per heavy atom. The van der Waals surface area contributed by atoms with Crippen LogP contribution in [-0.4, -0.2) is 11.1 Å². The maximum atomic E-state index is 12.7. The summed E-state index contributed by atoms with van der Waals surface area (Å²) < 4.78 is 25.1. The normalized spacial score (nSPS) is 9.29. The summed E-state index contributed by atoms with van der Waals surface area (Å²) in [7, 11) is 0. The van der Waals surface area contributed by atoms with Gasteiger partial charge >= 0.3 is 0 Å². The van der Waals surface area contributed by atoms with E-state index < -0.39 is 17.5 Å². The van der Waals surface area contributed by atoms with Crippen molar-refractivity contribution in [2.45, 2.75) is 6.42 Å². The van der Waals surface area contributed by atoms with Gasteiger partial charge in [-0.2, -0.15) is 4.99 Å². The maximum absolute atomic E-state index is 12.7. The minimum atomic E-state index is -0.985. The van der Waals surface area contributed by atoms with Crippen LogP contribution in [0.25, 0.3) is 0 Å². The summed E-state index contributed by atoms with van der Waals surface area (Å²) in [5, 5.41) is 1.90. The van der Waals surface area contributed by atoms with Crippen molar-refractivity contribution in [1.82, 2.24) is 0 Å². The number of rotatable bonds is 2. The number of hydrogen-bond acceptors (Lipinski definition) is 2. The van der Waals surface area contributed by atoms with E-state index in [1.807, 2.05) is 5.16 Å². The molecule has 2 nitrogen and oxygen atoms in total. The lowest BCUT2D eigenvalue weighted by molar-refractivity contribution is -0.117. The number of carbonyl (C=O) groups is 1. The van der Waals surface area contributed by atoms with Crippen molar-refractivity contribution >= 4 is 23.3 Å². The van der Waals surface area contributed by atoms with Gasteiger partial charge in [0.15, 0.2) is 11.6 Å². The summed E-state index contributed by atoms with van der Waals surface area (Å²) in [6.07, 6.45) is -0.110. The first kappa shape index (κ1) is 10.6. The quantitative estimate of drug-likeness (QED) is 0.556. The van der Waals surface area contributed by atoms with Gasteiger partial charge in [0.05, 0.1) is 11.6 Å². The van der Waals surface area contributed by atoms with Crippen molar-refractivity contribution < 1.29 is 13.6 Å². The third kappa shape index (κ3) is 2.80. The molecule has 14 heavy (non-hydrogen) atoms. The second-order valence-corrected chi connectivity index (χ2v) is 2.70. The van der Waals surface area contributed by atoms with Gasteiger partial charge in [-0.1, -0.05) is 6.07 Å². The summed E-state index contributed by atoms with van der Waals surface area (Å²) in [4.78, 5) is 14.1. The summed E-state index contributed by atoms with van der Waals surface area (Å²) >= 11 is 4.22. The van der Waals surface area contributed by atoms with Crippen molar-refractivity contribution in [2.24, 2.45) is 4.99 Å². The topological polar surface area (TPSA) is 29.4 Å². The van der Waals surface area contributed by atoms with Crippen molar-refractivity contribution in [1.29, 1.82) is 0 Å². The Labute approximate surface area is 84.3 Å². The Balaban J connectivity index is 2.83. The molecule has 0 aromatic heterocycles. The van der Waals surface area contributed by atoms with E-state index in [1.54, 1.807) is 0 Å². The zero-order chi connectivity index (χ0) is 10.6. The first-order valence-electron chi connectivity index (χ1n) is 3.68. The maximum Gasteiger partial charge on any atom is 0.258 e. The predicted molar refractivity (Wildman–Crippen MR) is 50.1 cm³/mol. The lowest BCUT2D eigenvalue weighted by Gasteiger charge is -1.97. The molecule has 0 saturated heterocycles. The smallest absolute Gasteiger partial charge is 0.258 e. The monoisotopic (exact) mass is 213 g/mol. The van der Waals surface area contributed by atoms with Crippen LogP contribution in [0.15, 0.2) is 23.2 Å². The van der Waals surface area contributed by atoms with Crippen LogP contribution in [0, 0.1) is 11.6 Å². The van der Waals surface area contributed by atoms with Gasteiger partial charge in [-0.15, -0.1) is 0 Å². The van der Waals surface area contributed by atoms with Gasteiger partial charge in [-0.05, 0) is 29.9 Å². The molecule has 0 saturated carbocycles. The van der Waals surface area contributed by atoms with Gasteiger partial charge in [0.25, 0.3) is 5.91 Å². The number of carbonyl (C=O) groups excluding carboxylic acids is 1. The Hall–Kier alpha value is -1.45. The van der Waals surface area contributed by atoms with Crippen molar-refractivity contribution in [3.63, 3.8) is 0 Å². The number of nitrogens with zero attached hydrogens (tertiary/aromatic N) is 1. The molecule has 0 N–H and O–H groups in total. The third-order valence-corrected chi connectivity index (χ3v) is 1.60. The Kier molecular flexibility index (Phi) is 3.56. The second kappa shape index (κ2) is 4.69. The second-order valence-electron chi connectivity index (χ2n) is 2.52. The Bertz CT molecular complexity index is 413. The van der Waals surface area contributed by atoms with Gasteiger partial charge in [-0.3, -0.25) is 4.79 Å². The van der Waals surface area contributed by atoms with E-state index in [0.29, 0.717) is 5.56 Å². The van der Waals surface area contributed by atoms with Crippen LogP contribution in [0.2, 0.25) is 0 Å². The van der Waals surface area contributed by atoms with E-state index in [9.17, 15) is 13.6 Å². The molecule has 5 heteroatoms. The zero-order valence-corrected chi connectivity index (χ0v) is 7.78. The highest BCUT2D eigenvalue weighted by Crippen LogP contribution is 2.09. The van der Waals surface area contributed by atoms with Gasteiger partial charge in [-0.25, -0.2) is 8.78 Å². The van der Waals surface area contributed by atoms with Gasteiger partial charge in [0, 0.05) is 0 Å². The summed E-state index contributed by atoms with van der Waals surface area (Å²) in [5.41, 5.74) is 0.350. The van der Waals surface area contributed by atoms with Crippen LogP contribution in [-0.2, 0) is 11.2 Å². The average molecular weight is 213 g/mol. The number of aliphatic imine (C=N–C) groups is 1. The SMILES string of the molecule is O=C(Cc1ccc(F)c(F)c1)N=C=S. The summed E-state index contributed by atoms with van der Waals surface area (Å²) in [5.74, 6) is -2.47. The van der Waals surface area contributed by atoms with Crippen LogP contribution in [0.3, 0.4) is 0 Å². The molecule has 0 spiro atoms. The molecule has 1 amide bonds. The molecule has 1 rings (SSSR count). The molecule has 0 aliphatic carbocycles. The lowest BCUT2D eigenvalue weighted by Crippen LogP contribution is -1.99. The molecule has 0 atom stereocenters. The molecule has 0 aliphatic heterocycles. The van der Waals surface area contributed by atoms with Crippen LogP contribution >= 0.6 is 12.2 Å². The van der Waals surface area contributed by atoms with E-state index in [1.165, 1.54) is 6.07 Å². The van der Waals surface area contributed by atoms with Crippen LogP contribution < -0.4 is 0 Å². The fourth-order valence-corrected chi connectivity index (χ4v) is 1.02. The Morgan fingerprint density at radius 2 is 2.14 bits per heavy atom. The van der Waals surface area contributed by atoms with E-state index in [0.717, 1.165) is 12.1 Å². The van der Waals surface area contributed by atoms with Crippen LogP contribution in [0.4, 0.5) is 8.78 Å². The van der Waals surface area contributed by atoms with E-state index in [2.05, 4.69) is 17.2 Å². The fraction of sp³-hybridized carbons (Fsp3) is 0.111. The molecule has 0 bridgehead atoms. The van der Waals surface area contributed by atoms with E-state index >= 15 is 0 Å². The summed E-state index contributed by atoms with van der Waals surface area (Å²) in [6.45, 7) is 0. The zero-order valence-electron chi connectivity index (χ0n) is 6.96. The molecule has 1 aromatic rings. The Morgan fingerprint density at radius 3 is 2.71 bits per heavy atom. The third-order valence-electron chi connectivity index (χ3n) is 1.51. The van der Waals surface area contributed by atoms with Crippen LogP contribution in [0.5, 0.6) is 0 Å². The molecular weight excluding hydrogens is 208 g/mol. The number of benzene rings is 1. The predicted octanol–water partition coefficient (Wildman–Crippen LogP) is 2.14. The largest absolute Gasteiger partial charge is 0.271 e. The minimum absolute atomic E-state index is 0.110. The lowest BCUT2D eigenvalue weighted by atomic mass is 10.1. The van der Waals surface area contributed by atoms with Crippen molar-refractivity contribution in [3.05, 3.63) is 35.4 Å². The van der Waals surface area contributed by atoms with Crippen molar-refractivity contribution in [2.75, 3.05) is 0 Å². The number of hydrogen-bond donors (Lipinski definition) is 0. The molecule has 72 valence electrons. The number of isothiocyanates is 1. The van der Waals surface area contributed by atoms with E-state index in [4.69, 9.17) is 0 Å². The van der Waals surface area contributed by atoms with Gasteiger partial charge < -0.3 is 0 Å². The van der Waals surface area contributed by atoms with Gasteiger partial charge in [0.1, 0.15) is 0 Å². The number of amides is 1. The number of thiocarbonyl (C=S) groups is 1. The molecule has 0 aliphatic rings. The molecule has 0 heterocycles. The van der Waals surface area contributed by atoms with Gasteiger partial charge in [0.2, 0.25) is 0 Å². The standard InChI is InChI=1S/C9H5F2NOS/c10-7-2-1-6(3-8(7)11)4-9(13)12-5-14/h1-3H,4H2. The van der Waals surface area contributed by atoms with Crippen molar-refractivity contribution in [3.8, 4) is 0 Å². The highest BCUT2D eigenvalue weighted by atomic mass is 32.1. The molecule has 0 fully saturated rings. The van der Waals surface area contributed by atoms with Crippen LogP contribution in [0.1, 0.15) is 5.56 Å². The molecule has 1 aromatic carbocycles. The minimum Gasteiger partial charge on any atom is -0.271 e. The number of halogens is 2. The summed E-state index contributed by atoms with van der Waals surface area (Å²) in [6, 6.07) is 3.22. The first-order chi connectivity index (χ1) is 6.63. The molecular formula is C9H5F2NOS. The van der Waals surface area contributed by atoms with E-state index in [-0.39, 0.29) is 6.42 Å². The average Bonchev–Trinajstić information content (AvgIpc) is 2.12. The molecule has 0 radical (unpaired) electrons. The first-order valence-corrected chi connectivity index (χ1v) is 4.09. The highest BCUT2D eigenvalue weighted by Gasteiger charge is 2.05. The molecule has 0 unspecified atom stereocenters. The highest BCUT2D eigenvalue weighted by molar-refractivity contribution is 7.78. The fourth-order valence-electron chi connectivity index (χ4n) is 0.915.